The van der Waals surface area contributed by atoms with Crippen molar-refractivity contribution in [2.24, 2.45) is 5.92 Å². The first-order valence-corrected chi connectivity index (χ1v) is 4.47. The molecule has 0 saturated carbocycles. The van der Waals surface area contributed by atoms with Gasteiger partial charge in [0.05, 0.1) is 12.6 Å². The summed E-state index contributed by atoms with van der Waals surface area (Å²) in [5.41, 5.74) is 0. The molecule has 1 heterocycles. The zero-order chi connectivity index (χ0) is 9.84. The smallest absolute Gasteiger partial charge is 0.239 e. The van der Waals surface area contributed by atoms with Crippen LogP contribution in [0, 0.1) is 17.2 Å². The number of nitrogens with zero attached hydrogens (tertiary/aromatic N) is 2. The van der Waals surface area contributed by atoms with Gasteiger partial charge in [-0.15, -0.1) is 0 Å². The minimum Gasteiger partial charge on any atom is -0.339 e. The molecular weight excluding hydrogens is 171 g/mol. The Kier molecular flexibility index (Phi) is 3.24. The maximum Gasteiger partial charge on any atom is 0.239 e. The zero-order valence-electron chi connectivity index (χ0n) is 7.66. The fourth-order valence-electron chi connectivity index (χ4n) is 1.45. The van der Waals surface area contributed by atoms with Crippen LogP contribution < -0.4 is 0 Å². The maximum absolute atomic E-state index is 12.9. The lowest BCUT2D eigenvalue weighted by atomic mass is 10.1. The molecule has 0 aliphatic carbocycles. The Bertz CT molecular complexity index is 236. The van der Waals surface area contributed by atoms with Crippen LogP contribution in [0.25, 0.3) is 0 Å². The van der Waals surface area contributed by atoms with E-state index in [0.717, 1.165) is 0 Å². The van der Waals surface area contributed by atoms with Crippen molar-refractivity contribution in [3.05, 3.63) is 0 Å². The van der Waals surface area contributed by atoms with E-state index in [9.17, 15) is 9.18 Å². The van der Waals surface area contributed by atoms with Crippen molar-refractivity contribution < 1.29 is 9.18 Å². The van der Waals surface area contributed by atoms with Crippen molar-refractivity contribution >= 4 is 5.91 Å². The summed E-state index contributed by atoms with van der Waals surface area (Å²) in [7, 11) is 0. The number of carbonyl (C=O) groups excluding carboxylic acids is 1. The highest BCUT2D eigenvalue weighted by Crippen LogP contribution is 2.14. The van der Waals surface area contributed by atoms with Crippen molar-refractivity contribution in [1.82, 2.24) is 4.90 Å². The molecule has 3 nitrogen and oxygen atoms in total. The second-order valence-corrected chi connectivity index (χ2v) is 3.37. The molecular formula is C9H13FN2O. The molecule has 0 N–H and O–H groups in total. The summed E-state index contributed by atoms with van der Waals surface area (Å²) in [4.78, 5) is 12.9. The van der Waals surface area contributed by atoms with Gasteiger partial charge >= 0.3 is 0 Å². The molecule has 4 heteroatoms. The number of piperidine rings is 1. The van der Waals surface area contributed by atoms with E-state index in [4.69, 9.17) is 5.26 Å². The van der Waals surface area contributed by atoms with Crippen LogP contribution in [0.3, 0.4) is 0 Å². The lowest BCUT2D eigenvalue weighted by Gasteiger charge is -2.29. The Morgan fingerprint density at radius 1 is 1.77 bits per heavy atom. The first-order valence-electron chi connectivity index (χ1n) is 4.47. The summed E-state index contributed by atoms with van der Waals surface area (Å²) in [6, 6.07) is 1.86. The third-order valence-electron chi connectivity index (χ3n) is 2.24. The van der Waals surface area contributed by atoms with Crippen LogP contribution in [0.5, 0.6) is 0 Å². The third kappa shape index (κ3) is 2.41. The maximum atomic E-state index is 12.9. The van der Waals surface area contributed by atoms with Gasteiger partial charge in [-0.1, -0.05) is 0 Å². The van der Waals surface area contributed by atoms with Gasteiger partial charge in [0.2, 0.25) is 5.91 Å². The minimum atomic E-state index is -0.913. The van der Waals surface area contributed by atoms with Crippen molar-refractivity contribution in [2.75, 3.05) is 13.1 Å². The van der Waals surface area contributed by atoms with Crippen molar-refractivity contribution in [3.63, 3.8) is 0 Å². The molecule has 0 radical (unpaired) electrons. The number of alkyl halides is 1. The van der Waals surface area contributed by atoms with Crippen LogP contribution >= 0.6 is 0 Å². The van der Waals surface area contributed by atoms with E-state index >= 15 is 0 Å². The Labute approximate surface area is 77.1 Å². The molecule has 0 aromatic carbocycles. The van der Waals surface area contributed by atoms with Crippen molar-refractivity contribution in [3.8, 4) is 6.07 Å². The van der Waals surface area contributed by atoms with Gasteiger partial charge in [-0.05, 0) is 19.8 Å². The molecule has 1 amide bonds. The van der Waals surface area contributed by atoms with Crippen molar-refractivity contribution in [2.45, 2.75) is 25.9 Å². The first kappa shape index (κ1) is 9.97. The van der Waals surface area contributed by atoms with Gasteiger partial charge in [0.1, 0.15) is 12.1 Å². The van der Waals surface area contributed by atoms with E-state index in [2.05, 4.69) is 0 Å². The second kappa shape index (κ2) is 4.22. The van der Waals surface area contributed by atoms with Crippen LogP contribution in [0.15, 0.2) is 0 Å². The van der Waals surface area contributed by atoms with E-state index in [1.807, 2.05) is 6.07 Å². The molecule has 1 saturated heterocycles. The Morgan fingerprint density at radius 3 is 3.00 bits per heavy atom. The topological polar surface area (TPSA) is 44.1 Å². The predicted octanol–water partition coefficient (Wildman–Crippen LogP) is 1.11. The van der Waals surface area contributed by atoms with Crippen LogP contribution in [-0.4, -0.2) is 30.1 Å². The van der Waals surface area contributed by atoms with Gasteiger partial charge in [0.15, 0.2) is 0 Å². The summed E-state index contributed by atoms with van der Waals surface area (Å²) < 4.78 is 12.9. The molecule has 1 aliphatic rings. The van der Waals surface area contributed by atoms with Gasteiger partial charge in [-0.2, -0.15) is 5.26 Å². The molecule has 1 aliphatic heterocycles. The number of amides is 1. The summed E-state index contributed by atoms with van der Waals surface area (Å²) in [5, 5.41) is 8.51. The van der Waals surface area contributed by atoms with E-state index in [1.54, 1.807) is 6.92 Å². The van der Waals surface area contributed by atoms with Crippen LogP contribution in [-0.2, 0) is 4.79 Å². The van der Waals surface area contributed by atoms with Crippen LogP contribution in [0.2, 0.25) is 0 Å². The highest BCUT2D eigenvalue weighted by atomic mass is 19.1. The number of nitriles is 1. The molecule has 13 heavy (non-hydrogen) atoms. The molecule has 1 rings (SSSR count). The van der Waals surface area contributed by atoms with E-state index in [0.29, 0.717) is 19.4 Å². The van der Waals surface area contributed by atoms with E-state index in [1.165, 1.54) is 4.90 Å². The molecule has 0 aromatic heterocycles. The van der Waals surface area contributed by atoms with Crippen molar-refractivity contribution in [1.29, 1.82) is 5.26 Å². The molecule has 1 fully saturated rings. The SMILES string of the molecule is CC(C#N)C(=O)N1CCCC(F)C1. The Hall–Kier alpha value is -1.11. The number of rotatable bonds is 1. The summed E-state index contributed by atoms with van der Waals surface area (Å²) in [5.74, 6) is -0.893. The fraction of sp³-hybridized carbons (Fsp3) is 0.778. The Balaban J connectivity index is 2.52. The predicted molar refractivity (Wildman–Crippen MR) is 45.5 cm³/mol. The standard InChI is InChI=1S/C9H13FN2O/c1-7(5-11)9(13)12-4-2-3-8(10)6-12/h7-8H,2-4,6H2,1H3. The largest absolute Gasteiger partial charge is 0.339 e. The quantitative estimate of drug-likeness (QED) is 0.612. The Morgan fingerprint density at radius 2 is 2.46 bits per heavy atom. The summed E-state index contributed by atoms with van der Waals surface area (Å²) >= 11 is 0. The average Bonchev–Trinajstić information content (AvgIpc) is 2.15. The normalized spacial score (nSPS) is 25.0. The first-order chi connectivity index (χ1) is 6.15. The number of carbonyl (C=O) groups is 1. The van der Waals surface area contributed by atoms with Crippen LogP contribution in [0.1, 0.15) is 19.8 Å². The highest BCUT2D eigenvalue weighted by Gasteiger charge is 2.26. The molecule has 2 unspecified atom stereocenters. The van der Waals surface area contributed by atoms with Gasteiger partial charge < -0.3 is 4.90 Å². The van der Waals surface area contributed by atoms with Gasteiger partial charge in [0, 0.05) is 6.54 Å². The molecule has 2 atom stereocenters. The number of hydrogen-bond acceptors (Lipinski definition) is 2. The minimum absolute atomic E-state index is 0.158. The molecule has 0 spiro atoms. The lowest BCUT2D eigenvalue weighted by molar-refractivity contribution is -0.135. The molecule has 72 valence electrons. The average molecular weight is 184 g/mol. The number of likely N-dealkylation sites (tertiary alicyclic amines) is 1. The lowest BCUT2D eigenvalue weighted by Crippen LogP contribution is -2.42. The third-order valence-corrected chi connectivity index (χ3v) is 2.24. The fourth-order valence-corrected chi connectivity index (χ4v) is 1.45. The summed E-state index contributed by atoms with van der Waals surface area (Å²) in [6.07, 6.45) is 0.319. The van der Waals surface area contributed by atoms with E-state index < -0.39 is 12.1 Å². The molecule has 0 bridgehead atoms. The van der Waals surface area contributed by atoms with Gasteiger partial charge in [0.25, 0.3) is 0 Å². The highest BCUT2D eigenvalue weighted by molar-refractivity contribution is 5.80. The van der Waals surface area contributed by atoms with Gasteiger partial charge in [-0.3, -0.25) is 4.79 Å². The monoisotopic (exact) mass is 184 g/mol. The summed E-state index contributed by atoms with van der Waals surface area (Å²) in [6.45, 7) is 2.29. The number of hydrogen-bond donors (Lipinski definition) is 0. The van der Waals surface area contributed by atoms with Gasteiger partial charge in [-0.25, -0.2) is 4.39 Å². The molecule has 0 aromatic rings. The van der Waals surface area contributed by atoms with Crippen LogP contribution in [0.4, 0.5) is 4.39 Å². The number of halogens is 1. The second-order valence-electron chi connectivity index (χ2n) is 3.37. The zero-order valence-corrected chi connectivity index (χ0v) is 7.66. The van der Waals surface area contributed by atoms with E-state index in [-0.39, 0.29) is 12.5 Å².